The molecule has 1 N–H and O–H groups in total. The summed E-state index contributed by atoms with van der Waals surface area (Å²) >= 11 is 1.97. The summed E-state index contributed by atoms with van der Waals surface area (Å²) in [6, 6.07) is 0. The van der Waals surface area contributed by atoms with Crippen LogP contribution in [0.25, 0.3) is 0 Å². The van der Waals surface area contributed by atoms with Crippen LogP contribution in [0.4, 0.5) is 0 Å². The molecule has 2 aliphatic heterocycles. The molecule has 3 atom stereocenters. The third-order valence-corrected chi connectivity index (χ3v) is 4.52. The van der Waals surface area contributed by atoms with Crippen LogP contribution < -0.4 is 5.32 Å². The maximum Gasteiger partial charge on any atom is 0.227 e. The molecule has 4 heteroatoms. The fraction of sp³-hybridized carbons (Fsp3) is 0.909. The smallest absolute Gasteiger partial charge is 0.227 e. The SMILES string of the molecule is CC1CN(C(=O)C2CNCC2C)CCS1. The first-order chi connectivity index (χ1) is 7.18. The van der Waals surface area contributed by atoms with E-state index in [9.17, 15) is 4.79 Å². The summed E-state index contributed by atoms with van der Waals surface area (Å²) in [4.78, 5) is 14.3. The Labute approximate surface area is 96.0 Å². The Bertz CT molecular complexity index is 247. The third-order valence-electron chi connectivity index (χ3n) is 3.39. The Kier molecular flexibility index (Phi) is 3.57. The van der Waals surface area contributed by atoms with E-state index in [1.165, 1.54) is 0 Å². The summed E-state index contributed by atoms with van der Waals surface area (Å²) in [5.74, 6) is 2.20. The van der Waals surface area contributed by atoms with Crippen LogP contribution in [0.5, 0.6) is 0 Å². The van der Waals surface area contributed by atoms with Gasteiger partial charge in [0.05, 0.1) is 5.92 Å². The monoisotopic (exact) mass is 228 g/mol. The van der Waals surface area contributed by atoms with Crippen LogP contribution in [-0.2, 0) is 4.79 Å². The lowest BCUT2D eigenvalue weighted by atomic mass is 9.96. The van der Waals surface area contributed by atoms with Crippen molar-refractivity contribution in [2.75, 3.05) is 31.9 Å². The highest BCUT2D eigenvalue weighted by molar-refractivity contribution is 7.99. The average molecular weight is 228 g/mol. The van der Waals surface area contributed by atoms with E-state index in [1.807, 2.05) is 11.8 Å². The van der Waals surface area contributed by atoms with Gasteiger partial charge in [0.1, 0.15) is 0 Å². The zero-order valence-electron chi connectivity index (χ0n) is 9.53. The van der Waals surface area contributed by atoms with Gasteiger partial charge in [-0.25, -0.2) is 0 Å². The van der Waals surface area contributed by atoms with Crippen LogP contribution in [-0.4, -0.2) is 48.0 Å². The predicted octanol–water partition coefficient (Wildman–Crippen LogP) is 0.806. The van der Waals surface area contributed by atoms with Gasteiger partial charge in [0.25, 0.3) is 0 Å². The van der Waals surface area contributed by atoms with E-state index >= 15 is 0 Å². The summed E-state index contributed by atoms with van der Waals surface area (Å²) in [7, 11) is 0. The second kappa shape index (κ2) is 4.74. The quantitative estimate of drug-likeness (QED) is 0.721. The summed E-state index contributed by atoms with van der Waals surface area (Å²) in [5.41, 5.74) is 0. The van der Waals surface area contributed by atoms with E-state index in [0.717, 1.165) is 31.9 Å². The van der Waals surface area contributed by atoms with E-state index in [-0.39, 0.29) is 5.92 Å². The van der Waals surface area contributed by atoms with Gasteiger partial charge in [-0.05, 0) is 12.5 Å². The molecule has 0 aliphatic carbocycles. The summed E-state index contributed by atoms with van der Waals surface area (Å²) < 4.78 is 0. The van der Waals surface area contributed by atoms with Crippen LogP contribution in [0.2, 0.25) is 0 Å². The molecule has 2 heterocycles. The molecule has 1 amide bonds. The number of rotatable bonds is 1. The van der Waals surface area contributed by atoms with Crippen LogP contribution in [0, 0.1) is 11.8 Å². The number of nitrogens with one attached hydrogen (secondary N) is 1. The standard InChI is InChI=1S/C11H20N2OS/c1-8-5-12-6-10(8)11(14)13-3-4-15-9(2)7-13/h8-10,12H,3-7H2,1-2H3. The van der Waals surface area contributed by atoms with Gasteiger partial charge >= 0.3 is 0 Å². The van der Waals surface area contributed by atoms with E-state index in [1.54, 1.807) is 0 Å². The lowest BCUT2D eigenvalue weighted by Crippen LogP contribution is -2.45. The Hall–Kier alpha value is -0.220. The molecule has 0 saturated carbocycles. The zero-order valence-corrected chi connectivity index (χ0v) is 10.3. The molecular formula is C11H20N2OS. The Morgan fingerprint density at radius 3 is 2.80 bits per heavy atom. The topological polar surface area (TPSA) is 32.3 Å². The second-order valence-electron chi connectivity index (χ2n) is 4.71. The van der Waals surface area contributed by atoms with E-state index in [4.69, 9.17) is 0 Å². The average Bonchev–Trinajstić information content (AvgIpc) is 2.63. The van der Waals surface area contributed by atoms with Gasteiger partial charge in [-0.3, -0.25) is 4.79 Å². The maximum atomic E-state index is 12.2. The molecule has 0 radical (unpaired) electrons. The van der Waals surface area contributed by atoms with Gasteiger partial charge in [0, 0.05) is 30.6 Å². The molecule has 2 saturated heterocycles. The third kappa shape index (κ3) is 2.48. The zero-order chi connectivity index (χ0) is 10.8. The van der Waals surface area contributed by atoms with Crippen molar-refractivity contribution >= 4 is 17.7 Å². The normalized spacial score (nSPS) is 36.9. The molecule has 0 aromatic rings. The molecule has 0 aromatic carbocycles. The van der Waals surface area contributed by atoms with Gasteiger partial charge in [0.2, 0.25) is 5.91 Å². The van der Waals surface area contributed by atoms with E-state index in [2.05, 4.69) is 24.1 Å². The molecule has 0 bridgehead atoms. The Morgan fingerprint density at radius 2 is 2.20 bits per heavy atom. The van der Waals surface area contributed by atoms with Gasteiger partial charge in [-0.2, -0.15) is 11.8 Å². The highest BCUT2D eigenvalue weighted by Crippen LogP contribution is 2.23. The molecule has 2 aliphatic rings. The van der Waals surface area contributed by atoms with Crippen LogP contribution in [0.15, 0.2) is 0 Å². The number of hydrogen-bond donors (Lipinski definition) is 1. The highest BCUT2D eigenvalue weighted by atomic mass is 32.2. The van der Waals surface area contributed by atoms with Crippen molar-refractivity contribution in [2.45, 2.75) is 19.1 Å². The molecule has 0 aromatic heterocycles. The van der Waals surface area contributed by atoms with Crippen molar-refractivity contribution in [1.82, 2.24) is 10.2 Å². The predicted molar refractivity (Wildman–Crippen MR) is 64.0 cm³/mol. The minimum atomic E-state index is 0.222. The van der Waals surface area contributed by atoms with Crippen molar-refractivity contribution in [3.8, 4) is 0 Å². The summed E-state index contributed by atoms with van der Waals surface area (Å²) in [6.07, 6.45) is 0. The molecule has 2 rings (SSSR count). The minimum Gasteiger partial charge on any atom is -0.340 e. The first-order valence-corrected chi connectivity index (χ1v) is 6.84. The number of carbonyl (C=O) groups is 1. The Morgan fingerprint density at radius 1 is 1.40 bits per heavy atom. The van der Waals surface area contributed by atoms with Gasteiger partial charge < -0.3 is 10.2 Å². The first kappa shape index (κ1) is 11.3. The number of thioether (sulfide) groups is 1. The largest absolute Gasteiger partial charge is 0.340 e. The maximum absolute atomic E-state index is 12.2. The van der Waals surface area contributed by atoms with Crippen LogP contribution >= 0.6 is 11.8 Å². The lowest BCUT2D eigenvalue weighted by molar-refractivity contribution is -0.135. The molecule has 15 heavy (non-hydrogen) atoms. The molecular weight excluding hydrogens is 208 g/mol. The van der Waals surface area contributed by atoms with Gasteiger partial charge in [0.15, 0.2) is 0 Å². The molecule has 0 spiro atoms. The fourth-order valence-electron chi connectivity index (χ4n) is 2.39. The Balaban J connectivity index is 1.94. The number of hydrogen-bond acceptors (Lipinski definition) is 3. The van der Waals surface area contributed by atoms with Gasteiger partial charge in [-0.15, -0.1) is 0 Å². The number of nitrogens with zero attached hydrogens (tertiary/aromatic N) is 1. The molecule has 3 nitrogen and oxygen atoms in total. The fourth-order valence-corrected chi connectivity index (χ4v) is 3.41. The van der Waals surface area contributed by atoms with E-state index in [0.29, 0.717) is 17.1 Å². The second-order valence-corrected chi connectivity index (χ2v) is 6.25. The van der Waals surface area contributed by atoms with Crippen molar-refractivity contribution in [2.24, 2.45) is 11.8 Å². The van der Waals surface area contributed by atoms with E-state index < -0.39 is 0 Å². The van der Waals surface area contributed by atoms with Crippen LogP contribution in [0.1, 0.15) is 13.8 Å². The van der Waals surface area contributed by atoms with Crippen molar-refractivity contribution in [3.05, 3.63) is 0 Å². The van der Waals surface area contributed by atoms with Crippen molar-refractivity contribution < 1.29 is 4.79 Å². The van der Waals surface area contributed by atoms with Crippen molar-refractivity contribution in [1.29, 1.82) is 0 Å². The van der Waals surface area contributed by atoms with Gasteiger partial charge in [-0.1, -0.05) is 13.8 Å². The molecule has 3 unspecified atom stereocenters. The summed E-state index contributed by atoms with van der Waals surface area (Å²) in [6.45, 7) is 8.13. The number of carbonyl (C=O) groups excluding carboxylic acids is 1. The first-order valence-electron chi connectivity index (χ1n) is 5.79. The minimum absolute atomic E-state index is 0.222. The molecule has 86 valence electrons. The van der Waals surface area contributed by atoms with Crippen LogP contribution in [0.3, 0.4) is 0 Å². The van der Waals surface area contributed by atoms with Crippen molar-refractivity contribution in [3.63, 3.8) is 0 Å². The highest BCUT2D eigenvalue weighted by Gasteiger charge is 2.34. The number of amides is 1. The summed E-state index contributed by atoms with van der Waals surface area (Å²) in [5, 5.41) is 3.90. The lowest BCUT2D eigenvalue weighted by Gasteiger charge is -2.33. The molecule has 2 fully saturated rings.